The first-order chi connectivity index (χ1) is 27.3. The number of piperazine rings is 1. The van der Waals surface area contributed by atoms with Gasteiger partial charge in [0.15, 0.2) is 0 Å². The molecule has 1 saturated heterocycles. The lowest BCUT2D eigenvalue weighted by Crippen LogP contribution is -2.49. The van der Waals surface area contributed by atoms with Crippen LogP contribution in [-0.4, -0.2) is 82.7 Å². The molecule has 1 aliphatic carbocycles. The van der Waals surface area contributed by atoms with Crippen LogP contribution in [0.5, 0.6) is 0 Å². The van der Waals surface area contributed by atoms with E-state index in [9.17, 15) is 38.7 Å². The average Bonchev–Trinajstić information content (AvgIpc) is 3.16. The molecule has 14 nitrogen and oxygen atoms in total. The zero-order valence-corrected chi connectivity index (χ0v) is 32.9. The van der Waals surface area contributed by atoms with E-state index in [1.165, 1.54) is 18.0 Å². The Labute approximate surface area is 330 Å². The molecule has 1 aromatic heterocycles. The number of rotatable bonds is 18. The summed E-state index contributed by atoms with van der Waals surface area (Å²) in [6, 6.07) is 9.43. The minimum absolute atomic E-state index is 0.0171. The van der Waals surface area contributed by atoms with Crippen LogP contribution in [0.3, 0.4) is 0 Å². The number of ether oxygens (including phenoxy) is 1. The molecule has 0 unspecified atom stereocenters. The van der Waals surface area contributed by atoms with Crippen LogP contribution in [0.15, 0.2) is 47.4 Å². The number of Topliss-reactive ketones (excluding diaryl/α,β-unsaturated/α-hetero) is 2. The first-order valence-corrected chi connectivity index (χ1v) is 19.7. The summed E-state index contributed by atoms with van der Waals surface area (Å²) in [6.07, 6.45) is 5.24. The van der Waals surface area contributed by atoms with Crippen molar-refractivity contribution in [1.82, 2.24) is 14.8 Å². The van der Waals surface area contributed by atoms with Crippen LogP contribution in [0.25, 0.3) is 10.9 Å². The standard InChI is InChI=1S/C42H52FN5O9/c1-4-9-36(50)42(15-8-16-42)37(51)22-29(10-6-7-17-44-27(3)49)39(53)45-30-13-11-28(12-14-30)26-57-41(56)48-20-18-47(19-21-48)35-24-34-31(23-33(35)43)38(52)32(40(54)55)25-46(34)5-2/h11-14,23-25,29H,4-10,15-22,26H2,1-3H3,(H,44,49)(H,45,53)(H,54,55)/t29-/m1/s1. The summed E-state index contributed by atoms with van der Waals surface area (Å²) in [5, 5.41) is 15.1. The normalized spacial score (nSPS) is 15.4. The number of aromatic carboxylic acids is 1. The number of amides is 3. The lowest BCUT2D eigenvalue weighted by atomic mass is 9.61. The highest BCUT2D eigenvalue weighted by Gasteiger charge is 2.49. The number of aromatic nitrogens is 1. The van der Waals surface area contributed by atoms with Gasteiger partial charge in [-0.2, -0.15) is 0 Å². The van der Waals surface area contributed by atoms with E-state index in [0.717, 1.165) is 12.5 Å². The van der Waals surface area contributed by atoms with Gasteiger partial charge in [-0.15, -0.1) is 0 Å². The zero-order chi connectivity index (χ0) is 41.3. The maximum absolute atomic E-state index is 15.3. The molecule has 3 amide bonds. The number of carbonyl (C=O) groups is 6. The lowest BCUT2D eigenvalue weighted by Gasteiger charge is -2.39. The van der Waals surface area contributed by atoms with E-state index in [1.54, 1.807) is 46.7 Å². The van der Waals surface area contributed by atoms with Gasteiger partial charge < -0.3 is 34.8 Å². The van der Waals surface area contributed by atoms with Crippen LogP contribution in [0.2, 0.25) is 0 Å². The number of anilines is 2. The molecular formula is C42H52FN5O9. The third-order valence-corrected chi connectivity index (χ3v) is 11.1. The molecule has 3 aromatic rings. The van der Waals surface area contributed by atoms with Gasteiger partial charge in [0.05, 0.1) is 16.6 Å². The fourth-order valence-corrected chi connectivity index (χ4v) is 7.59. The van der Waals surface area contributed by atoms with E-state index in [2.05, 4.69) is 10.6 Å². The minimum Gasteiger partial charge on any atom is -0.477 e. The monoisotopic (exact) mass is 789 g/mol. The van der Waals surface area contributed by atoms with Crippen molar-refractivity contribution >= 4 is 57.7 Å². The molecule has 2 fully saturated rings. The highest BCUT2D eigenvalue weighted by Crippen LogP contribution is 2.45. The second kappa shape index (κ2) is 19.0. The van der Waals surface area contributed by atoms with Crippen LogP contribution in [-0.2, 0) is 37.1 Å². The molecule has 2 heterocycles. The van der Waals surface area contributed by atoms with Crippen molar-refractivity contribution in [2.45, 2.75) is 91.7 Å². The van der Waals surface area contributed by atoms with Crippen LogP contribution in [0.4, 0.5) is 20.6 Å². The molecule has 1 aliphatic heterocycles. The molecule has 1 saturated carbocycles. The number of carboxylic acids is 1. The smallest absolute Gasteiger partial charge is 0.410 e. The van der Waals surface area contributed by atoms with Crippen molar-refractivity contribution in [3.05, 3.63) is 69.8 Å². The summed E-state index contributed by atoms with van der Waals surface area (Å²) in [5.74, 6) is -3.36. The molecule has 1 atom stereocenters. The van der Waals surface area contributed by atoms with Gasteiger partial charge in [-0.3, -0.25) is 24.0 Å². The van der Waals surface area contributed by atoms with Gasteiger partial charge in [0.1, 0.15) is 29.6 Å². The van der Waals surface area contributed by atoms with Gasteiger partial charge in [0, 0.05) is 82.2 Å². The summed E-state index contributed by atoms with van der Waals surface area (Å²) in [6.45, 7) is 7.06. The summed E-state index contributed by atoms with van der Waals surface area (Å²) in [7, 11) is 0. The predicted molar refractivity (Wildman–Crippen MR) is 212 cm³/mol. The predicted octanol–water partition coefficient (Wildman–Crippen LogP) is 5.68. The molecule has 15 heteroatoms. The van der Waals surface area contributed by atoms with Crippen molar-refractivity contribution in [3.63, 3.8) is 0 Å². The van der Waals surface area contributed by atoms with Gasteiger partial charge in [0.25, 0.3) is 0 Å². The number of hydrogen-bond donors (Lipinski definition) is 3. The summed E-state index contributed by atoms with van der Waals surface area (Å²) in [5.41, 5.74) is -0.318. The van der Waals surface area contributed by atoms with E-state index >= 15 is 4.39 Å². The third kappa shape index (κ3) is 10.0. The average molecular weight is 790 g/mol. The van der Waals surface area contributed by atoms with Crippen molar-refractivity contribution in [2.24, 2.45) is 11.3 Å². The zero-order valence-electron chi connectivity index (χ0n) is 32.9. The molecule has 3 N–H and O–H groups in total. The first-order valence-electron chi connectivity index (χ1n) is 19.7. The summed E-state index contributed by atoms with van der Waals surface area (Å²) < 4.78 is 22.5. The molecule has 2 aromatic carbocycles. The molecule has 5 rings (SSSR count). The highest BCUT2D eigenvalue weighted by molar-refractivity contribution is 6.09. The Morgan fingerprint density at radius 1 is 0.965 bits per heavy atom. The molecular weight excluding hydrogens is 737 g/mol. The summed E-state index contributed by atoms with van der Waals surface area (Å²) in [4.78, 5) is 91.9. The van der Waals surface area contributed by atoms with Gasteiger partial charge >= 0.3 is 12.1 Å². The number of fused-ring (bicyclic) bond motifs is 1. The lowest BCUT2D eigenvalue weighted by molar-refractivity contribution is -0.148. The molecule has 0 radical (unpaired) electrons. The topological polar surface area (TPSA) is 184 Å². The second-order valence-corrected chi connectivity index (χ2v) is 14.9. The first kappa shape index (κ1) is 42.5. The van der Waals surface area contributed by atoms with Gasteiger partial charge in [-0.1, -0.05) is 31.9 Å². The maximum atomic E-state index is 15.3. The van der Waals surface area contributed by atoms with Gasteiger partial charge in [-0.05, 0) is 68.9 Å². The van der Waals surface area contributed by atoms with E-state index in [0.29, 0.717) is 87.9 Å². The van der Waals surface area contributed by atoms with Crippen LogP contribution >= 0.6 is 0 Å². The fraction of sp³-hybridized carbons (Fsp3) is 0.500. The van der Waals surface area contributed by atoms with Crippen LogP contribution in [0, 0.1) is 17.2 Å². The number of nitrogens with zero attached hydrogens (tertiary/aromatic N) is 3. The number of halogens is 1. The van der Waals surface area contributed by atoms with E-state index in [-0.39, 0.29) is 60.6 Å². The quantitative estimate of drug-likeness (QED) is 0.107. The van der Waals surface area contributed by atoms with Crippen molar-refractivity contribution in [2.75, 3.05) is 42.9 Å². The van der Waals surface area contributed by atoms with E-state index < -0.39 is 40.2 Å². The number of ketones is 2. The van der Waals surface area contributed by atoms with E-state index in [4.69, 9.17) is 4.74 Å². The van der Waals surface area contributed by atoms with Gasteiger partial charge in [-0.25, -0.2) is 14.0 Å². The number of benzene rings is 2. The number of pyridine rings is 1. The minimum atomic E-state index is -1.38. The number of nitrogens with one attached hydrogen (secondary N) is 2. The maximum Gasteiger partial charge on any atom is 0.410 e. The molecule has 306 valence electrons. The molecule has 0 bridgehead atoms. The van der Waals surface area contributed by atoms with Crippen molar-refractivity contribution < 1.29 is 43.0 Å². The van der Waals surface area contributed by atoms with E-state index in [1.807, 2.05) is 6.92 Å². The van der Waals surface area contributed by atoms with Crippen LogP contribution in [0.1, 0.15) is 94.5 Å². The number of aryl methyl sites for hydroxylation is 1. The Bertz CT molecular complexity index is 2050. The Hall–Kier alpha value is -5.60. The Balaban J connectivity index is 1.15. The second-order valence-electron chi connectivity index (χ2n) is 14.9. The number of unbranched alkanes of at least 4 members (excludes halogenated alkanes) is 1. The molecule has 57 heavy (non-hydrogen) atoms. The van der Waals surface area contributed by atoms with Crippen molar-refractivity contribution in [3.8, 4) is 0 Å². The van der Waals surface area contributed by atoms with Gasteiger partial charge in [0.2, 0.25) is 17.2 Å². The summed E-state index contributed by atoms with van der Waals surface area (Å²) >= 11 is 0. The van der Waals surface area contributed by atoms with Crippen LogP contribution < -0.4 is 21.0 Å². The number of carboxylic acid groups (broad SMARTS) is 1. The Morgan fingerprint density at radius 3 is 2.26 bits per heavy atom. The fourth-order valence-electron chi connectivity index (χ4n) is 7.59. The largest absolute Gasteiger partial charge is 0.477 e. The molecule has 0 spiro atoms. The highest BCUT2D eigenvalue weighted by atomic mass is 19.1. The third-order valence-electron chi connectivity index (χ3n) is 11.1. The van der Waals surface area contributed by atoms with Crippen molar-refractivity contribution in [1.29, 1.82) is 0 Å². The number of carbonyl (C=O) groups excluding carboxylic acids is 5. The number of hydrogen-bond acceptors (Lipinski definition) is 9. The Kier molecular flexibility index (Phi) is 14.2. The molecule has 2 aliphatic rings. The SMILES string of the molecule is CCCC(=O)C1(C(=O)C[C@@H](CCCCNC(C)=O)C(=O)Nc2ccc(COC(=O)N3CCN(c4cc5c(cc4F)c(=O)c(C(=O)O)cn5CC)CC3)cc2)CCC1. The Morgan fingerprint density at radius 2 is 1.67 bits per heavy atom.